The summed E-state index contributed by atoms with van der Waals surface area (Å²) in [6, 6.07) is 0. The van der Waals surface area contributed by atoms with Gasteiger partial charge >= 0.3 is 16.8 Å². The summed E-state index contributed by atoms with van der Waals surface area (Å²) in [6.45, 7) is 9.85. The lowest BCUT2D eigenvalue weighted by Crippen LogP contribution is -2.26. The monoisotopic (exact) mass is 278 g/mol. The van der Waals surface area contributed by atoms with E-state index >= 15 is 0 Å². The van der Waals surface area contributed by atoms with E-state index in [1.807, 2.05) is 0 Å². The number of hydrogen-bond acceptors (Lipinski definition) is 7. The van der Waals surface area contributed by atoms with Crippen molar-refractivity contribution in [3.63, 3.8) is 0 Å². The Labute approximate surface area is 110 Å². The average Bonchev–Trinajstić information content (AvgIpc) is 1.92. The van der Waals surface area contributed by atoms with Gasteiger partial charge in [-0.2, -0.15) is 0 Å². The first-order valence-corrected chi connectivity index (χ1v) is 6.06. The maximum Gasteiger partial charge on any atom is 0.517 e. The Bertz CT molecular complexity index is 304. The first-order valence-electron chi connectivity index (χ1n) is 5.25. The molecule has 0 bridgehead atoms. The molecule has 0 N–H and O–H groups in total. The predicted octanol–water partition coefficient (Wildman–Crippen LogP) is 3.73. The van der Waals surface area contributed by atoms with Crippen LogP contribution in [0.25, 0.3) is 0 Å². The van der Waals surface area contributed by atoms with E-state index in [9.17, 15) is 14.4 Å². The molecular weight excluding hydrogens is 260 g/mol. The Kier molecular flexibility index (Phi) is 5.66. The summed E-state index contributed by atoms with van der Waals surface area (Å²) in [7, 11) is 0. The zero-order chi connectivity index (χ0) is 14.6. The molecule has 0 atom stereocenters. The van der Waals surface area contributed by atoms with Crippen LogP contribution in [0.5, 0.6) is 0 Å². The Morgan fingerprint density at radius 1 is 0.778 bits per heavy atom. The molecule has 0 saturated heterocycles. The van der Waals surface area contributed by atoms with Crippen molar-refractivity contribution in [3.05, 3.63) is 0 Å². The second-order valence-corrected chi connectivity index (χ2v) is 6.25. The van der Waals surface area contributed by atoms with Crippen LogP contribution in [0.15, 0.2) is 0 Å². The van der Waals surface area contributed by atoms with Crippen LogP contribution >= 0.6 is 11.8 Å². The summed E-state index contributed by atoms with van der Waals surface area (Å²) in [5, 5.41) is -1.92. The van der Waals surface area contributed by atoms with Gasteiger partial charge < -0.3 is 14.2 Å². The van der Waals surface area contributed by atoms with Crippen LogP contribution in [0.2, 0.25) is 0 Å². The molecule has 0 radical (unpaired) electrons. The smallest absolute Gasteiger partial charge is 0.451 e. The van der Waals surface area contributed by atoms with Crippen molar-refractivity contribution in [1.29, 1.82) is 0 Å². The van der Waals surface area contributed by atoms with Gasteiger partial charge in [-0.15, -0.1) is 0 Å². The van der Waals surface area contributed by atoms with Gasteiger partial charge in [-0.1, -0.05) is 0 Å². The number of carbonyl (C=O) groups is 3. The largest absolute Gasteiger partial charge is 0.517 e. The minimum atomic E-state index is -1.15. The fourth-order valence-corrected chi connectivity index (χ4v) is 1.24. The quantitative estimate of drug-likeness (QED) is 0.493. The van der Waals surface area contributed by atoms with E-state index in [1.54, 1.807) is 41.5 Å². The van der Waals surface area contributed by atoms with Crippen LogP contribution in [0.4, 0.5) is 14.4 Å². The molecule has 0 aromatic heterocycles. The molecule has 0 heterocycles. The first kappa shape index (κ1) is 16.8. The Morgan fingerprint density at radius 2 is 1.22 bits per heavy atom. The molecule has 0 unspecified atom stereocenters. The highest BCUT2D eigenvalue weighted by molar-refractivity contribution is 8.25. The SMILES string of the molecule is CC(C)(C)OC(=O)OC(=O)SC(=O)OC(C)(C)C. The van der Waals surface area contributed by atoms with Crippen molar-refractivity contribution >= 4 is 28.5 Å². The molecule has 0 aromatic carbocycles. The van der Waals surface area contributed by atoms with Crippen LogP contribution in [0, 0.1) is 0 Å². The Balaban J connectivity index is 4.13. The highest BCUT2D eigenvalue weighted by Crippen LogP contribution is 2.17. The summed E-state index contributed by atoms with van der Waals surface area (Å²) in [6.07, 6.45) is -1.15. The van der Waals surface area contributed by atoms with Gasteiger partial charge in [0.2, 0.25) is 0 Å². The standard InChI is InChI=1S/C11H18O6S/c1-10(2,3)16-7(12)15-8(13)18-9(14)17-11(4,5)6/h1-6H3. The summed E-state index contributed by atoms with van der Waals surface area (Å²) in [5.74, 6) is 0. The summed E-state index contributed by atoms with van der Waals surface area (Å²) in [5.41, 5.74) is -1.48. The molecule has 0 amide bonds. The molecule has 0 aliphatic rings. The van der Waals surface area contributed by atoms with Crippen molar-refractivity contribution in [2.75, 3.05) is 0 Å². The van der Waals surface area contributed by atoms with Gasteiger partial charge in [-0.3, -0.25) is 0 Å². The lowest BCUT2D eigenvalue weighted by atomic mass is 10.2. The number of rotatable bonds is 0. The van der Waals surface area contributed by atoms with E-state index in [2.05, 4.69) is 4.74 Å². The topological polar surface area (TPSA) is 78.9 Å². The molecule has 0 fully saturated rings. The molecule has 0 aliphatic carbocycles. The van der Waals surface area contributed by atoms with Crippen LogP contribution in [-0.4, -0.2) is 28.0 Å². The predicted molar refractivity (Wildman–Crippen MR) is 66.5 cm³/mol. The lowest BCUT2D eigenvalue weighted by Gasteiger charge is -2.19. The summed E-state index contributed by atoms with van der Waals surface area (Å²) >= 11 is 0.158. The van der Waals surface area contributed by atoms with Crippen molar-refractivity contribution in [2.45, 2.75) is 52.7 Å². The third-order valence-corrected chi connectivity index (χ3v) is 1.61. The number of hydrogen-bond donors (Lipinski definition) is 0. The van der Waals surface area contributed by atoms with E-state index in [-0.39, 0.29) is 11.8 Å². The highest BCUT2D eigenvalue weighted by Gasteiger charge is 2.25. The van der Waals surface area contributed by atoms with Crippen molar-refractivity contribution < 1.29 is 28.6 Å². The molecule has 0 spiro atoms. The maximum absolute atomic E-state index is 11.2. The molecule has 0 rings (SSSR count). The van der Waals surface area contributed by atoms with E-state index in [0.717, 1.165) is 0 Å². The molecular formula is C11H18O6S. The lowest BCUT2D eigenvalue weighted by molar-refractivity contribution is 0.0131. The molecule has 7 heteroatoms. The molecule has 6 nitrogen and oxygen atoms in total. The van der Waals surface area contributed by atoms with Gasteiger partial charge in [-0.05, 0) is 41.5 Å². The Morgan fingerprint density at radius 3 is 1.61 bits per heavy atom. The van der Waals surface area contributed by atoms with Gasteiger partial charge in [0.1, 0.15) is 11.2 Å². The average molecular weight is 278 g/mol. The highest BCUT2D eigenvalue weighted by atomic mass is 32.2. The maximum atomic E-state index is 11.2. The Hall–Kier alpha value is -1.24. The third-order valence-electron chi connectivity index (χ3n) is 1.11. The van der Waals surface area contributed by atoms with E-state index in [1.165, 1.54) is 0 Å². The molecule has 0 aliphatic heterocycles. The molecule has 18 heavy (non-hydrogen) atoms. The second-order valence-electron chi connectivity index (χ2n) is 5.38. The van der Waals surface area contributed by atoms with Crippen LogP contribution in [0.1, 0.15) is 41.5 Å². The van der Waals surface area contributed by atoms with E-state index in [4.69, 9.17) is 9.47 Å². The van der Waals surface area contributed by atoms with Crippen LogP contribution in [0.3, 0.4) is 0 Å². The number of ether oxygens (including phenoxy) is 3. The van der Waals surface area contributed by atoms with Crippen molar-refractivity contribution in [3.8, 4) is 0 Å². The first-order chi connectivity index (χ1) is 7.89. The van der Waals surface area contributed by atoms with Gasteiger partial charge in [0.05, 0.1) is 11.8 Å². The third kappa shape index (κ3) is 9.95. The molecule has 0 saturated carbocycles. The number of thioether (sulfide) groups is 1. The zero-order valence-electron chi connectivity index (χ0n) is 11.4. The van der Waals surface area contributed by atoms with E-state index < -0.39 is 28.0 Å². The molecule has 104 valence electrons. The van der Waals surface area contributed by atoms with Crippen LogP contribution < -0.4 is 0 Å². The minimum Gasteiger partial charge on any atom is -0.451 e. The van der Waals surface area contributed by atoms with Gasteiger partial charge in [0.25, 0.3) is 0 Å². The van der Waals surface area contributed by atoms with Crippen molar-refractivity contribution in [1.82, 2.24) is 0 Å². The minimum absolute atomic E-state index is 0.158. The van der Waals surface area contributed by atoms with Crippen LogP contribution in [-0.2, 0) is 14.2 Å². The van der Waals surface area contributed by atoms with Crippen molar-refractivity contribution in [2.24, 2.45) is 0 Å². The molecule has 0 aromatic rings. The second kappa shape index (κ2) is 6.08. The normalized spacial score (nSPS) is 11.7. The van der Waals surface area contributed by atoms with Gasteiger partial charge in [0, 0.05) is 0 Å². The van der Waals surface area contributed by atoms with Gasteiger partial charge in [0.15, 0.2) is 0 Å². The van der Waals surface area contributed by atoms with Gasteiger partial charge in [-0.25, -0.2) is 14.4 Å². The van der Waals surface area contributed by atoms with E-state index in [0.29, 0.717) is 0 Å². The summed E-state index contributed by atoms with van der Waals surface area (Å²) < 4.78 is 13.9. The fraction of sp³-hybridized carbons (Fsp3) is 0.727. The fourth-order valence-electron chi connectivity index (χ4n) is 0.699. The number of carbonyl (C=O) groups excluding carboxylic acids is 3. The zero-order valence-corrected chi connectivity index (χ0v) is 12.2. The summed E-state index contributed by atoms with van der Waals surface area (Å²) in [4.78, 5) is 33.5.